The van der Waals surface area contributed by atoms with Crippen molar-refractivity contribution in [1.82, 2.24) is 0 Å². The van der Waals surface area contributed by atoms with Crippen molar-refractivity contribution in [3.05, 3.63) is 126 Å². The zero-order chi connectivity index (χ0) is 28.5. The Morgan fingerprint density at radius 2 is 1.39 bits per heavy atom. The smallest absolute Gasteiger partial charge is 0.0202 e. The summed E-state index contributed by atoms with van der Waals surface area (Å²) in [5, 5.41) is 5.48. The van der Waals surface area contributed by atoms with Gasteiger partial charge in [0, 0.05) is 0 Å². The number of unbranched alkanes of at least 4 members (excludes halogenated alkanes) is 1. The molecule has 4 aromatic rings. The van der Waals surface area contributed by atoms with Crippen LogP contribution in [0.25, 0.3) is 21.5 Å². The van der Waals surface area contributed by atoms with Crippen molar-refractivity contribution in [1.29, 1.82) is 0 Å². The zero-order valence-electron chi connectivity index (χ0n) is 25.6. The Bertz CT molecular complexity index is 1360. The third-order valence-electron chi connectivity index (χ3n) is 6.98. The Morgan fingerprint density at radius 1 is 0.854 bits per heavy atom. The molecule has 0 heterocycles. The Morgan fingerprint density at radius 3 is 1.78 bits per heavy atom. The Labute approximate surface area is 276 Å². The molecule has 0 spiro atoms. The molecule has 4 aromatic carbocycles. The van der Waals surface area contributed by atoms with E-state index in [-0.39, 0.29) is 35.6 Å². The van der Waals surface area contributed by atoms with Crippen LogP contribution in [0.1, 0.15) is 83.9 Å². The molecule has 5 rings (SSSR count). The van der Waals surface area contributed by atoms with Gasteiger partial charge in [-0.15, -0.1) is 71.0 Å². The molecule has 0 amide bonds. The fourth-order valence-corrected chi connectivity index (χ4v) is 5.74. The SMILES string of the molecule is C=CCCC[C](=[Hf+2])c1ccccc1.CC(C)(C)c1ccc2c(c1)[cH-]c1cc(C(C)(C)C)ccc12.Cl.Cl.[C-]1=CC=CC1. The first kappa shape index (κ1) is 37.1. The Hall–Kier alpha value is -1.93. The summed E-state index contributed by atoms with van der Waals surface area (Å²) >= 11 is 1.18. The molecule has 0 nitrogen and oxygen atoms in total. The van der Waals surface area contributed by atoms with Gasteiger partial charge in [0.1, 0.15) is 0 Å². The van der Waals surface area contributed by atoms with E-state index < -0.39 is 0 Å². The standard InChI is InChI=1S/C21H25.C12H14.C5H5.2ClH.Hf/c1-20(2,3)16-7-9-18-14(12-16)11-15-13-17(21(4,5)6)8-10-19(15)18;1-2-3-4-6-9-12-10-7-5-8-11-12;1-2-4-5-3-1;;;/h7-13H,1-6H3;2,5,7-8,10-11H,1,3-4,6H2;1-3H,4H2;2*1H;/q-1;;-1;;;+2. The van der Waals surface area contributed by atoms with Crippen molar-refractivity contribution in [3.63, 3.8) is 0 Å². The Kier molecular flexibility index (Phi) is 15.6. The van der Waals surface area contributed by atoms with Crippen LogP contribution < -0.4 is 0 Å². The third kappa shape index (κ3) is 11.3. The third-order valence-corrected chi connectivity index (χ3v) is 8.91. The van der Waals surface area contributed by atoms with E-state index in [9.17, 15) is 0 Å². The zero-order valence-corrected chi connectivity index (χ0v) is 30.8. The number of hydrogen-bond donors (Lipinski definition) is 0. The summed E-state index contributed by atoms with van der Waals surface area (Å²) in [5.41, 5.74) is 4.64. The predicted molar refractivity (Wildman–Crippen MR) is 185 cm³/mol. The molecule has 216 valence electrons. The Balaban J connectivity index is 0.000000359. The first-order chi connectivity index (χ1) is 18.5. The maximum absolute atomic E-state index is 3.73. The first-order valence-corrected chi connectivity index (χ1v) is 15.9. The maximum Gasteiger partial charge on any atom is -0.0202 e. The summed E-state index contributed by atoms with van der Waals surface area (Å²) in [6, 6.07) is 26.9. The second-order valence-corrected chi connectivity index (χ2v) is 14.4. The molecular weight excluding hydrogens is 706 g/mol. The van der Waals surface area contributed by atoms with Gasteiger partial charge in [0.05, 0.1) is 0 Å². The molecule has 0 saturated heterocycles. The van der Waals surface area contributed by atoms with Crippen molar-refractivity contribution in [2.45, 2.75) is 78.1 Å². The molecule has 0 fully saturated rings. The van der Waals surface area contributed by atoms with Gasteiger partial charge in [-0.25, -0.2) is 12.2 Å². The van der Waals surface area contributed by atoms with E-state index in [4.69, 9.17) is 0 Å². The van der Waals surface area contributed by atoms with E-state index in [1.54, 1.807) is 3.26 Å². The molecule has 0 aliphatic heterocycles. The fourth-order valence-electron chi connectivity index (χ4n) is 4.50. The largest absolute Gasteiger partial charge is 0.273 e. The molecule has 0 saturated carbocycles. The van der Waals surface area contributed by atoms with Gasteiger partial charge in [0.2, 0.25) is 0 Å². The number of allylic oxidation sites excluding steroid dienone is 5. The van der Waals surface area contributed by atoms with Gasteiger partial charge in [-0.2, -0.15) is 6.08 Å². The van der Waals surface area contributed by atoms with E-state index in [1.807, 2.05) is 18.2 Å². The number of hydrogen-bond acceptors (Lipinski definition) is 0. The minimum atomic E-state index is 0. The van der Waals surface area contributed by atoms with Gasteiger partial charge in [-0.05, 0) is 10.8 Å². The van der Waals surface area contributed by atoms with Crippen LogP contribution in [-0.4, -0.2) is 3.26 Å². The van der Waals surface area contributed by atoms with E-state index >= 15 is 0 Å². The van der Waals surface area contributed by atoms with Gasteiger partial charge in [-0.3, -0.25) is 6.08 Å². The molecule has 1 aliphatic carbocycles. The van der Waals surface area contributed by atoms with Crippen molar-refractivity contribution >= 4 is 49.6 Å². The number of fused-ring (bicyclic) bond motifs is 3. The van der Waals surface area contributed by atoms with Gasteiger partial charge < -0.3 is 0 Å². The van der Waals surface area contributed by atoms with E-state index in [0.717, 1.165) is 12.8 Å². The van der Waals surface area contributed by atoms with Gasteiger partial charge in [0.25, 0.3) is 0 Å². The van der Waals surface area contributed by atoms with Crippen molar-refractivity contribution < 1.29 is 23.9 Å². The van der Waals surface area contributed by atoms with E-state index in [0.29, 0.717) is 0 Å². The van der Waals surface area contributed by atoms with Crippen LogP contribution in [0.2, 0.25) is 0 Å². The van der Waals surface area contributed by atoms with Crippen LogP contribution in [0.15, 0.2) is 104 Å². The topological polar surface area (TPSA) is 0 Å². The quantitative estimate of drug-likeness (QED) is 0.0824. The van der Waals surface area contributed by atoms with Gasteiger partial charge in [0.15, 0.2) is 0 Å². The van der Waals surface area contributed by atoms with E-state index in [1.165, 1.54) is 75.0 Å². The number of halogens is 2. The minimum Gasteiger partial charge on any atom is -0.273 e. The van der Waals surface area contributed by atoms with Crippen LogP contribution in [0.4, 0.5) is 0 Å². The summed E-state index contributed by atoms with van der Waals surface area (Å²) in [6.45, 7) is 17.4. The average molecular weight is 752 g/mol. The van der Waals surface area contributed by atoms with Crippen LogP contribution >= 0.6 is 24.8 Å². The molecule has 0 unspecified atom stereocenters. The molecule has 3 heteroatoms. The number of benzene rings is 3. The minimum absolute atomic E-state index is 0. The molecule has 41 heavy (non-hydrogen) atoms. The summed E-state index contributed by atoms with van der Waals surface area (Å²) in [7, 11) is 0. The van der Waals surface area contributed by atoms with Crippen LogP contribution in [0, 0.1) is 6.08 Å². The van der Waals surface area contributed by atoms with Crippen LogP contribution in [0.3, 0.4) is 0 Å². The fraction of sp³-hybridized carbons (Fsp3) is 0.316. The van der Waals surface area contributed by atoms with Crippen molar-refractivity contribution in [2.24, 2.45) is 0 Å². The van der Waals surface area contributed by atoms with Crippen molar-refractivity contribution in [3.8, 4) is 0 Å². The predicted octanol–water partition coefficient (Wildman–Crippen LogP) is 11.6. The first-order valence-electron chi connectivity index (χ1n) is 14.1. The summed E-state index contributed by atoms with van der Waals surface area (Å²) in [6.07, 6.45) is 15.6. The molecule has 0 atom stereocenters. The summed E-state index contributed by atoms with van der Waals surface area (Å²) in [5.74, 6) is 0. The molecule has 1 aliphatic rings. The van der Waals surface area contributed by atoms with Gasteiger partial charge in [-0.1, -0.05) is 76.9 Å². The second kappa shape index (κ2) is 17.3. The molecule has 0 aromatic heterocycles. The molecule has 0 bridgehead atoms. The average Bonchev–Trinajstić information content (AvgIpc) is 3.60. The van der Waals surface area contributed by atoms with Gasteiger partial charge >= 0.3 is 95.0 Å². The van der Waals surface area contributed by atoms with E-state index in [2.05, 4.69) is 133 Å². The van der Waals surface area contributed by atoms with Crippen LogP contribution in [-0.2, 0) is 34.7 Å². The second-order valence-electron chi connectivity index (χ2n) is 12.3. The summed E-state index contributed by atoms with van der Waals surface area (Å²) in [4.78, 5) is 0. The maximum atomic E-state index is 3.73. The monoisotopic (exact) mass is 752 g/mol. The summed E-state index contributed by atoms with van der Waals surface area (Å²) < 4.78 is 1.61. The van der Waals surface area contributed by atoms with Crippen molar-refractivity contribution in [2.75, 3.05) is 0 Å². The molecular formula is C38H46Cl2Hf. The van der Waals surface area contributed by atoms with Crippen LogP contribution in [0.5, 0.6) is 0 Å². The normalized spacial score (nSPS) is 12.0. The molecule has 0 radical (unpaired) electrons. The molecule has 0 N–H and O–H groups in total. The number of rotatable bonds is 5.